The second-order valence-electron chi connectivity index (χ2n) is 5.34. The highest BCUT2D eigenvalue weighted by Gasteiger charge is 2.25. The molecular formula is C16H21ClOS. The highest BCUT2D eigenvalue weighted by atomic mass is 35.5. The lowest BCUT2D eigenvalue weighted by Gasteiger charge is -2.26. The summed E-state index contributed by atoms with van der Waals surface area (Å²) in [5, 5.41) is 0.737. The zero-order valence-corrected chi connectivity index (χ0v) is 13.0. The highest BCUT2D eigenvalue weighted by Crippen LogP contribution is 2.32. The second kappa shape index (κ2) is 7.35. The van der Waals surface area contributed by atoms with E-state index < -0.39 is 0 Å². The lowest BCUT2D eigenvalue weighted by Crippen LogP contribution is -2.23. The summed E-state index contributed by atoms with van der Waals surface area (Å²) >= 11 is 7.55. The summed E-state index contributed by atoms with van der Waals surface area (Å²) in [6, 6.07) is 7.73. The third-order valence-corrected chi connectivity index (χ3v) is 5.31. The lowest BCUT2D eigenvalue weighted by molar-refractivity contribution is -0.121. The first-order valence-electron chi connectivity index (χ1n) is 7.10. The maximum Gasteiger partial charge on any atom is 0.146 e. The van der Waals surface area contributed by atoms with Crippen LogP contribution in [0.2, 0.25) is 5.02 Å². The highest BCUT2D eigenvalue weighted by molar-refractivity contribution is 8.00. The van der Waals surface area contributed by atoms with Crippen LogP contribution in [0.1, 0.15) is 39.0 Å². The number of hydrogen-bond acceptors (Lipinski definition) is 2. The van der Waals surface area contributed by atoms with Gasteiger partial charge in [-0.3, -0.25) is 4.79 Å². The Morgan fingerprint density at radius 1 is 1.32 bits per heavy atom. The Labute approximate surface area is 125 Å². The van der Waals surface area contributed by atoms with Crippen molar-refractivity contribution in [3.8, 4) is 0 Å². The standard InChI is InChI=1S/C16H21ClOS/c1-2-12-6-8-13(9-7-12)16(18)11-19-15-5-3-4-14(17)10-15/h3-5,10,12-13H,2,6-9,11H2,1H3. The molecule has 0 radical (unpaired) electrons. The lowest BCUT2D eigenvalue weighted by atomic mass is 9.79. The largest absolute Gasteiger partial charge is 0.298 e. The topological polar surface area (TPSA) is 17.1 Å². The Kier molecular flexibility index (Phi) is 5.77. The number of carbonyl (C=O) groups excluding carboxylic acids is 1. The van der Waals surface area contributed by atoms with E-state index in [-0.39, 0.29) is 0 Å². The van der Waals surface area contributed by atoms with Gasteiger partial charge in [0, 0.05) is 15.8 Å². The summed E-state index contributed by atoms with van der Waals surface area (Å²) in [4.78, 5) is 13.3. The average Bonchev–Trinajstić information content (AvgIpc) is 2.45. The first kappa shape index (κ1) is 14.9. The van der Waals surface area contributed by atoms with E-state index in [9.17, 15) is 4.79 Å². The molecule has 0 spiro atoms. The first-order chi connectivity index (χ1) is 9.19. The summed E-state index contributed by atoms with van der Waals surface area (Å²) in [6.07, 6.45) is 5.91. The van der Waals surface area contributed by atoms with E-state index in [4.69, 9.17) is 11.6 Å². The molecule has 2 rings (SSSR count). The molecule has 1 aromatic carbocycles. The molecule has 1 saturated carbocycles. The monoisotopic (exact) mass is 296 g/mol. The van der Waals surface area contributed by atoms with Gasteiger partial charge in [0.2, 0.25) is 0 Å². The van der Waals surface area contributed by atoms with Crippen molar-refractivity contribution in [2.24, 2.45) is 11.8 Å². The Balaban J connectivity index is 1.79. The Hall–Kier alpha value is -0.470. The maximum absolute atomic E-state index is 12.2. The molecule has 104 valence electrons. The summed E-state index contributed by atoms with van der Waals surface area (Å²) in [5.74, 6) is 2.15. The van der Waals surface area contributed by atoms with Gasteiger partial charge in [0.05, 0.1) is 5.75 Å². The normalized spacial score (nSPS) is 23.3. The zero-order chi connectivity index (χ0) is 13.7. The molecular weight excluding hydrogens is 276 g/mol. The van der Waals surface area contributed by atoms with Crippen molar-refractivity contribution in [2.45, 2.75) is 43.9 Å². The molecule has 0 atom stereocenters. The minimum atomic E-state index is 0.300. The molecule has 1 nitrogen and oxygen atoms in total. The van der Waals surface area contributed by atoms with Gasteiger partial charge in [-0.05, 0) is 49.8 Å². The number of thioether (sulfide) groups is 1. The van der Waals surface area contributed by atoms with Crippen molar-refractivity contribution in [1.82, 2.24) is 0 Å². The van der Waals surface area contributed by atoms with Crippen molar-refractivity contribution in [1.29, 1.82) is 0 Å². The van der Waals surface area contributed by atoms with Crippen molar-refractivity contribution in [3.05, 3.63) is 29.3 Å². The molecule has 1 aromatic rings. The van der Waals surface area contributed by atoms with Gasteiger partial charge in [0.1, 0.15) is 5.78 Å². The molecule has 1 aliphatic rings. The van der Waals surface area contributed by atoms with E-state index in [2.05, 4.69) is 6.92 Å². The molecule has 19 heavy (non-hydrogen) atoms. The van der Waals surface area contributed by atoms with E-state index in [1.807, 2.05) is 24.3 Å². The molecule has 1 aliphatic carbocycles. The molecule has 0 unspecified atom stereocenters. The summed E-state index contributed by atoms with van der Waals surface area (Å²) in [5.41, 5.74) is 0. The van der Waals surface area contributed by atoms with Crippen LogP contribution in [0.4, 0.5) is 0 Å². The first-order valence-corrected chi connectivity index (χ1v) is 8.46. The van der Waals surface area contributed by atoms with Crippen LogP contribution in [0.25, 0.3) is 0 Å². The molecule has 0 aliphatic heterocycles. The van der Waals surface area contributed by atoms with Crippen molar-refractivity contribution in [3.63, 3.8) is 0 Å². The molecule has 0 heterocycles. The Morgan fingerprint density at radius 2 is 2.05 bits per heavy atom. The van der Waals surface area contributed by atoms with E-state index in [0.29, 0.717) is 17.5 Å². The van der Waals surface area contributed by atoms with Crippen molar-refractivity contribution in [2.75, 3.05) is 5.75 Å². The summed E-state index contributed by atoms with van der Waals surface area (Å²) < 4.78 is 0. The third kappa shape index (κ3) is 4.54. The van der Waals surface area contributed by atoms with Gasteiger partial charge in [-0.15, -0.1) is 11.8 Å². The minimum absolute atomic E-state index is 0.300. The van der Waals surface area contributed by atoms with Gasteiger partial charge in [-0.2, -0.15) is 0 Å². The maximum atomic E-state index is 12.2. The predicted molar refractivity (Wildman–Crippen MR) is 82.9 cm³/mol. The van der Waals surface area contributed by atoms with E-state index in [1.54, 1.807) is 11.8 Å². The van der Waals surface area contributed by atoms with E-state index in [0.717, 1.165) is 28.7 Å². The number of hydrogen-bond donors (Lipinski definition) is 0. The molecule has 0 aromatic heterocycles. The SMILES string of the molecule is CCC1CCC(C(=O)CSc2cccc(Cl)c2)CC1. The van der Waals surface area contributed by atoms with Crippen LogP contribution in [-0.2, 0) is 4.79 Å². The van der Waals surface area contributed by atoms with Crippen LogP contribution >= 0.6 is 23.4 Å². The van der Waals surface area contributed by atoms with Crippen LogP contribution in [0, 0.1) is 11.8 Å². The fraction of sp³-hybridized carbons (Fsp3) is 0.562. The quantitative estimate of drug-likeness (QED) is 0.693. The van der Waals surface area contributed by atoms with Gasteiger partial charge in [-0.25, -0.2) is 0 Å². The molecule has 0 bridgehead atoms. The number of rotatable bonds is 5. The van der Waals surface area contributed by atoms with Crippen LogP contribution in [0.15, 0.2) is 29.2 Å². The van der Waals surface area contributed by atoms with Crippen LogP contribution in [-0.4, -0.2) is 11.5 Å². The average molecular weight is 297 g/mol. The molecule has 3 heteroatoms. The van der Waals surface area contributed by atoms with Gasteiger partial charge < -0.3 is 0 Å². The zero-order valence-electron chi connectivity index (χ0n) is 11.4. The number of carbonyl (C=O) groups is 1. The fourth-order valence-corrected chi connectivity index (χ4v) is 3.91. The van der Waals surface area contributed by atoms with Crippen LogP contribution in [0.5, 0.6) is 0 Å². The Morgan fingerprint density at radius 3 is 2.68 bits per heavy atom. The molecule has 1 fully saturated rings. The number of halogens is 1. The second-order valence-corrected chi connectivity index (χ2v) is 6.82. The predicted octanol–water partition coefficient (Wildman–Crippen LogP) is 5.22. The van der Waals surface area contributed by atoms with E-state index >= 15 is 0 Å². The Bertz CT molecular complexity index is 425. The third-order valence-electron chi connectivity index (χ3n) is 4.06. The summed E-state index contributed by atoms with van der Waals surface area (Å²) in [7, 11) is 0. The van der Waals surface area contributed by atoms with Crippen LogP contribution in [0.3, 0.4) is 0 Å². The fourth-order valence-electron chi connectivity index (χ4n) is 2.72. The molecule has 0 amide bonds. The smallest absolute Gasteiger partial charge is 0.146 e. The van der Waals surface area contributed by atoms with Crippen molar-refractivity contribution >= 4 is 29.1 Å². The van der Waals surface area contributed by atoms with Gasteiger partial charge in [-0.1, -0.05) is 31.0 Å². The van der Waals surface area contributed by atoms with Gasteiger partial charge in [0.15, 0.2) is 0 Å². The minimum Gasteiger partial charge on any atom is -0.298 e. The number of ketones is 1. The van der Waals surface area contributed by atoms with Crippen molar-refractivity contribution < 1.29 is 4.79 Å². The van der Waals surface area contributed by atoms with E-state index in [1.165, 1.54) is 19.3 Å². The number of benzene rings is 1. The summed E-state index contributed by atoms with van der Waals surface area (Å²) in [6.45, 7) is 2.25. The number of Topliss-reactive ketones (excluding diaryl/α,β-unsaturated/α-hetero) is 1. The van der Waals surface area contributed by atoms with Crippen LogP contribution < -0.4 is 0 Å². The van der Waals surface area contributed by atoms with Gasteiger partial charge >= 0.3 is 0 Å². The molecule has 0 saturated heterocycles. The van der Waals surface area contributed by atoms with Gasteiger partial charge in [0.25, 0.3) is 0 Å². The molecule has 0 N–H and O–H groups in total.